The van der Waals surface area contributed by atoms with Crippen LogP contribution in [0.5, 0.6) is 11.5 Å². The van der Waals surface area contributed by atoms with Gasteiger partial charge in [0, 0.05) is 30.0 Å². The number of halogens is 1. The van der Waals surface area contributed by atoms with E-state index in [9.17, 15) is 18.0 Å². The summed E-state index contributed by atoms with van der Waals surface area (Å²) in [7, 11) is -1.41. The zero-order chi connectivity index (χ0) is 34.0. The van der Waals surface area contributed by atoms with Gasteiger partial charge < -0.3 is 19.7 Å². The van der Waals surface area contributed by atoms with Crippen LogP contribution in [0, 0.1) is 5.92 Å². The van der Waals surface area contributed by atoms with E-state index in [1.165, 1.54) is 37.3 Å². The van der Waals surface area contributed by atoms with E-state index in [2.05, 4.69) is 21.2 Å². The van der Waals surface area contributed by atoms with Crippen molar-refractivity contribution >= 4 is 43.5 Å². The molecule has 248 valence electrons. The van der Waals surface area contributed by atoms with Gasteiger partial charge in [-0.15, -0.1) is 0 Å². The fourth-order valence-electron chi connectivity index (χ4n) is 5.03. The van der Waals surface area contributed by atoms with Crippen molar-refractivity contribution in [3.05, 3.63) is 119 Å². The largest absolute Gasteiger partial charge is 0.497 e. The number of hydrogen-bond acceptors (Lipinski definition) is 6. The molecule has 4 aromatic rings. The Morgan fingerprint density at radius 2 is 1.49 bits per heavy atom. The topological polar surface area (TPSA) is 105 Å². The number of anilines is 1. The van der Waals surface area contributed by atoms with Gasteiger partial charge in [0.15, 0.2) is 0 Å². The van der Waals surface area contributed by atoms with Crippen LogP contribution in [0.4, 0.5) is 5.69 Å². The number of nitrogens with one attached hydrogen (secondary N) is 1. The van der Waals surface area contributed by atoms with E-state index in [0.29, 0.717) is 12.3 Å². The third-order valence-corrected chi connectivity index (χ3v) is 9.73. The number of rotatable bonds is 15. The van der Waals surface area contributed by atoms with Gasteiger partial charge in [-0.05, 0) is 53.4 Å². The van der Waals surface area contributed by atoms with Crippen LogP contribution in [-0.2, 0) is 32.6 Å². The molecule has 1 N–H and O–H groups in total. The molecule has 1 atom stereocenters. The zero-order valence-corrected chi connectivity index (χ0v) is 29.3. The van der Waals surface area contributed by atoms with Crippen molar-refractivity contribution in [2.24, 2.45) is 5.92 Å². The molecule has 0 heterocycles. The third kappa shape index (κ3) is 9.36. The molecular weight excluding hydrogens is 682 g/mol. The molecule has 0 radical (unpaired) electrons. The molecule has 0 spiro atoms. The average molecular weight is 723 g/mol. The summed E-state index contributed by atoms with van der Waals surface area (Å²) < 4.78 is 41.4. The standard InChI is InChI=1S/C36H40BrN3O6S/c1-26(2)23-38-36(42)33(21-27-12-7-5-8-13-27)39(24-28-14-11-15-29(37)20-28)35(41)25-40(47(43,44)31-16-9-6-10-17-31)32-22-30(45-3)18-19-34(32)46-4/h5-20,22,26,33H,21,23-25H2,1-4H3,(H,38,42)/t33-/m0/s1. The molecule has 0 unspecified atom stereocenters. The Balaban J connectivity index is 1.85. The summed E-state index contributed by atoms with van der Waals surface area (Å²) in [5, 5.41) is 3.00. The number of benzene rings is 4. The van der Waals surface area contributed by atoms with Gasteiger partial charge in [0.05, 0.1) is 24.8 Å². The van der Waals surface area contributed by atoms with Crippen LogP contribution >= 0.6 is 15.9 Å². The van der Waals surface area contributed by atoms with Gasteiger partial charge in [-0.1, -0.05) is 90.4 Å². The Kier molecular flexibility index (Phi) is 12.4. The van der Waals surface area contributed by atoms with E-state index in [4.69, 9.17) is 9.47 Å². The number of nitrogens with zero attached hydrogens (tertiary/aromatic N) is 2. The Morgan fingerprint density at radius 1 is 0.830 bits per heavy atom. The number of carbonyl (C=O) groups excluding carboxylic acids is 2. The Morgan fingerprint density at radius 3 is 2.11 bits per heavy atom. The van der Waals surface area contributed by atoms with Crippen LogP contribution in [0.25, 0.3) is 0 Å². The van der Waals surface area contributed by atoms with Crippen molar-refractivity contribution in [2.75, 3.05) is 31.6 Å². The average Bonchev–Trinajstić information content (AvgIpc) is 3.08. The van der Waals surface area contributed by atoms with Gasteiger partial charge in [0.1, 0.15) is 24.1 Å². The minimum Gasteiger partial charge on any atom is -0.497 e. The zero-order valence-electron chi connectivity index (χ0n) is 26.9. The lowest BCUT2D eigenvalue weighted by atomic mass is 10.0. The minimum atomic E-state index is -4.30. The van der Waals surface area contributed by atoms with Crippen molar-refractivity contribution < 1.29 is 27.5 Å². The molecule has 0 saturated carbocycles. The van der Waals surface area contributed by atoms with E-state index in [-0.39, 0.29) is 41.1 Å². The number of sulfonamides is 1. The van der Waals surface area contributed by atoms with Gasteiger partial charge in [0.25, 0.3) is 10.0 Å². The molecule has 0 aliphatic heterocycles. The summed E-state index contributed by atoms with van der Waals surface area (Å²) in [6.07, 6.45) is 0.221. The van der Waals surface area contributed by atoms with E-state index in [1.807, 2.05) is 68.4 Å². The normalized spacial score (nSPS) is 11.9. The van der Waals surface area contributed by atoms with Crippen molar-refractivity contribution in [1.29, 1.82) is 0 Å². The molecule has 0 aromatic heterocycles. The summed E-state index contributed by atoms with van der Waals surface area (Å²) in [5.41, 5.74) is 1.74. The van der Waals surface area contributed by atoms with Crippen molar-refractivity contribution in [3.63, 3.8) is 0 Å². The maximum absolute atomic E-state index is 14.7. The van der Waals surface area contributed by atoms with Gasteiger partial charge >= 0.3 is 0 Å². The number of methoxy groups -OCH3 is 2. The smallest absolute Gasteiger partial charge is 0.264 e. The number of hydrogen-bond donors (Lipinski definition) is 1. The van der Waals surface area contributed by atoms with E-state index < -0.39 is 28.5 Å². The molecule has 11 heteroatoms. The van der Waals surface area contributed by atoms with Gasteiger partial charge in [-0.25, -0.2) is 8.42 Å². The Hall–Kier alpha value is -4.35. The molecule has 0 aliphatic carbocycles. The molecule has 2 amide bonds. The number of carbonyl (C=O) groups is 2. The lowest BCUT2D eigenvalue weighted by molar-refractivity contribution is -0.140. The molecule has 0 saturated heterocycles. The first-order valence-electron chi connectivity index (χ1n) is 15.2. The predicted molar refractivity (Wildman–Crippen MR) is 187 cm³/mol. The monoisotopic (exact) mass is 721 g/mol. The van der Waals surface area contributed by atoms with Crippen LogP contribution in [0.15, 0.2) is 112 Å². The van der Waals surface area contributed by atoms with Gasteiger partial charge in [-0.3, -0.25) is 13.9 Å². The highest BCUT2D eigenvalue weighted by Gasteiger charge is 2.35. The van der Waals surface area contributed by atoms with Crippen molar-refractivity contribution in [2.45, 2.75) is 37.8 Å². The molecule has 0 aliphatic rings. The lowest BCUT2D eigenvalue weighted by Crippen LogP contribution is -2.53. The number of amides is 2. The summed E-state index contributed by atoms with van der Waals surface area (Å²) in [4.78, 5) is 30.1. The van der Waals surface area contributed by atoms with Gasteiger partial charge in [-0.2, -0.15) is 0 Å². The van der Waals surface area contributed by atoms with Crippen LogP contribution < -0.4 is 19.1 Å². The first-order chi connectivity index (χ1) is 22.5. The molecule has 0 fully saturated rings. The summed E-state index contributed by atoms with van der Waals surface area (Å²) >= 11 is 3.51. The highest BCUT2D eigenvalue weighted by molar-refractivity contribution is 9.10. The van der Waals surface area contributed by atoms with E-state index in [1.54, 1.807) is 30.3 Å². The Bertz CT molecular complexity index is 1750. The fourth-order valence-corrected chi connectivity index (χ4v) is 6.92. The number of ether oxygens (including phenoxy) is 2. The Labute approximate surface area is 285 Å². The molecule has 9 nitrogen and oxygen atoms in total. The second-order valence-electron chi connectivity index (χ2n) is 11.4. The second kappa shape index (κ2) is 16.5. The summed E-state index contributed by atoms with van der Waals surface area (Å²) in [6, 6.07) is 28.6. The quantitative estimate of drug-likeness (QED) is 0.160. The summed E-state index contributed by atoms with van der Waals surface area (Å²) in [6.45, 7) is 3.84. The van der Waals surface area contributed by atoms with Crippen molar-refractivity contribution in [1.82, 2.24) is 10.2 Å². The maximum atomic E-state index is 14.7. The van der Waals surface area contributed by atoms with Crippen LogP contribution in [0.1, 0.15) is 25.0 Å². The third-order valence-electron chi connectivity index (χ3n) is 7.46. The molecule has 0 bridgehead atoms. The minimum absolute atomic E-state index is 0.00766. The van der Waals surface area contributed by atoms with Crippen LogP contribution in [0.3, 0.4) is 0 Å². The van der Waals surface area contributed by atoms with E-state index >= 15 is 0 Å². The highest BCUT2D eigenvalue weighted by Crippen LogP contribution is 2.36. The summed E-state index contributed by atoms with van der Waals surface area (Å²) in [5.74, 6) is -0.121. The van der Waals surface area contributed by atoms with Crippen LogP contribution in [-0.4, -0.2) is 58.5 Å². The molecular formula is C36H40BrN3O6S. The first-order valence-corrected chi connectivity index (χ1v) is 17.4. The lowest BCUT2D eigenvalue weighted by Gasteiger charge is -2.34. The predicted octanol–water partition coefficient (Wildman–Crippen LogP) is 6.07. The second-order valence-corrected chi connectivity index (χ2v) is 14.1. The van der Waals surface area contributed by atoms with Gasteiger partial charge in [0.2, 0.25) is 11.8 Å². The first kappa shape index (κ1) is 35.5. The molecule has 4 aromatic carbocycles. The molecule has 47 heavy (non-hydrogen) atoms. The highest BCUT2D eigenvalue weighted by atomic mass is 79.9. The van der Waals surface area contributed by atoms with E-state index in [0.717, 1.165) is 19.9 Å². The SMILES string of the molecule is COc1ccc(OC)c(N(CC(=O)N(Cc2cccc(Br)c2)[C@@H](Cc2ccccc2)C(=O)NCC(C)C)S(=O)(=O)c2ccccc2)c1. The molecule has 4 rings (SSSR count). The van der Waals surface area contributed by atoms with Crippen LogP contribution in [0.2, 0.25) is 0 Å². The fraction of sp³-hybridized carbons (Fsp3) is 0.278. The maximum Gasteiger partial charge on any atom is 0.264 e. The van der Waals surface area contributed by atoms with Crippen molar-refractivity contribution in [3.8, 4) is 11.5 Å².